The Morgan fingerprint density at radius 2 is 2.04 bits per heavy atom. The molecule has 0 saturated carbocycles. The first-order chi connectivity index (χ1) is 11.7. The second kappa shape index (κ2) is 6.84. The molecule has 6 nitrogen and oxygen atoms in total. The molecule has 0 radical (unpaired) electrons. The number of nitrogens with zero attached hydrogens (tertiary/aromatic N) is 3. The van der Waals surface area contributed by atoms with E-state index in [1.807, 2.05) is 24.3 Å². The molecule has 3 aromatic rings. The van der Waals surface area contributed by atoms with Gasteiger partial charge in [0.15, 0.2) is 0 Å². The van der Waals surface area contributed by atoms with Crippen molar-refractivity contribution in [1.82, 2.24) is 14.9 Å². The van der Waals surface area contributed by atoms with Crippen LogP contribution in [-0.2, 0) is 13.0 Å². The van der Waals surface area contributed by atoms with Crippen molar-refractivity contribution in [3.05, 3.63) is 65.5 Å². The van der Waals surface area contributed by atoms with Gasteiger partial charge in [-0.3, -0.25) is 4.79 Å². The van der Waals surface area contributed by atoms with Crippen LogP contribution in [0.2, 0.25) is 0 Å². The Hall–Kier alpha value is -3.33. The number of carbonyl (C=O) groups excluding carboxylic acids is 1. The van der Waals surface area contributed by atoms with Crippen LogP contribution in [0.1, 0.15) is 21.5 Å². The van der Waals surface area contributed by atoms with Crippen molar-refractivity contribution in [1.29, 1.82) is 5.26 Å². The number of ether oxygens (including phenoxy) is 1. The van der Waals surface area contributed by atoms with E-state index in [1.165, 1.54) is 0 Å². The summed E-state index contributed by atoms with van der Waals surface area (Å²) >= 11 is 0. The van der Waals surface area contributed by atoms with Gasteiger partial charge in [-0.05, 0) is 17.2 Å². The number of pyridine rings is 1. The zero-order chi connectivity index (χ0) is 16.9. The molecular formula is C18H16N4O2. The van der Waals surface area contributed by atoms with Gasteiger partial charge < -0.3 is 10.1 Å². The number of methoxy groups -OCH3 is 1. The third kappa shape index (κ3) is 3.20. The Morgan fingerprint density at radius 1 is 1.29 bits per heavy atom. The molecule has 0 saturated heterocycles. The van der Waals surface area contributed by atoms with Crippen LogP contribution in [-0.4, -0.2) is 22.6 Å². The number of amides is 1. The standard InChI is InChI=1S/C18H16N4O2/c1-24-15-7-9-22-17(10-15)16(12-21-22)18(23)20-11-14-4-2-13(3-5-14)6-8-19/h2-5,7,9-10,12H,6,11H2,1H3,(H,20,23). The van der Waals surface area contributed by atoms with E-state index in [2.05, 4.69) is 16.5 Å². The van der Waals surface area contributed by atoms with Gasteiger partial charge in [-0.2, -0.15) is 10.4 Å². The number of rotatable bonds is 5. The number of fused-ring (bicyclic) bond motifs is 1. The fourth-order valence-corrected chi connectivity index (χ4v) is 2.41. The quantitative estimate of drug-likeness (QED) is 0.782. The highest BCUT2D eigenvalue weighted by Crippen LogP contribution is 2.17. The Bertz CT molecular complexity index is 907. The number of benzene rings is 1. The monoisotopic (exact) mass is 320 g/mol. The van der Waals surface area contributed by atoms with Gasteiger partial charge in [-0.15, -0.1) is 0 Å². The summed E-state index contributed by atoms with van der Waals surface area (Å²) in [5.74, 6) is 0.476. The Kier molecular flexibility index (Phi) is 4.43. The lowest BCUT2D eigenvalue weighted by molar-refractivity contribution is 0.0952. The lowest BCUT2D eigenvalue weighted by Crippen LogP contribution is -2.22. The predicted molar refractivity (Wildman–Crippen MR) is 88.7 cm³/mol. The van der Waals surface area contributed by atoms with Gasteiger partial charge in [0.2, 0.25) is 0 Å². The molecule has 24 heavy (non-hydrogen) atoms. The summed E-state index contributed by atoms with van der Waals surface area (Å²) in [5.41, 5.74) is 3.12. The maximum atomic E-state index is 12.4. The van der Waals surface area contributed by atoms with E-state index in [4.69, 9.17) is 10.00 Å². The van der Waals surface area contributed by atoms with Gasteiger partial charge in [-0.25, -0.2) is 4.52 Å². The van der Waals surface area contributed by atoms with E-state index >= 15 is 0 Å². The number of nitrogens with one attached hydrogen (secondary N) is 1. The minimum atomic E-state index is -0.195. The van der Waals surface area contributed by atoms with Crippen LogP contribution in [0.25, 0.3) is 5.52 Å². The summed E-state index contributed by atoms with van der Waals surface area (Å²) < 4.78 is 6.82. The first kappa shape index (κ1) is 15.6. The molecular weight excluding hydrogens is 304 g/mol. The summed E-state index contributed by atoms with van der Waals surface area (Å²) in [5, 5.41) is 15.7. The van der Waals surface area contributed by atoms with Gasteiger partial charge in [0.25, 0.3) is 5.91 Å². The Labute approximate surface area is 139 Å². The molecule has 0 fully saturated rings. The SMILES string of the molecule is COc1ccn2ncc(C(=O)NCc3ccc(CC#N)cc3)c2c1. The van der Waals surface area contributed by atoms with Gasteiger partial charge in [0.1, 0.15) is 5.75 Å². The van der Waals surface area contributed by atoms with Crippen LogP contribution in [0, 0.1) is 11.3 Å². The molecule has 0 spiro atoms. The van der Waals surface area contributed by atoms with E-state index in [1.54, 1.807) is 36.2 Å². The largest absolute Gasteiger partial charge is 0.497 e. The molecule has 0 aliphatic heterocycles. The Balaban J connectivity index is 1.72. The molecule has 0 bridgehead atoms. The van der Waals surface area contributed by atoms with Crippen molar-refractivity contribution in [3.8, 4) is 11.8 Å². The first-order valence-electron chi connectivity index (χ1n) is 7.45. The number of hydrogen-bond donors (Lipinski definition) is 1. The van der Waals surface area contributed by atoms with Crippen LogP contribution in [0.4, 0.5) is 0 Å². The Morgan fingerprint density at radius 3 is 2.75 bits per heavy atom. The highest BCUT2D eigenvalue weighted by atomic mass is 16.5. The lowest BCUT2D eigenvalue weighted by Gasteiger charge is -2.06. The minimum absolute atomic E-state index is 0.195. The molecule has 0 unspecified atom stereocenters. The number of carbonyl (C=O) groups is 1. The zero-order valence-corrected chi connectivity index (χ0v) is 13.2. The summed E-state index contributed by atoms with van der Waals surface area (Å²) in [7, 11) is 1.58. The van der Waals surface area contributed by atoms with Gasteiger partial charge in [0, 0.05) is 18.8 Å². The number of nitriles is 1. The molecule has 2 aromatic heterocycles. The average Bonchev–Trinajstić information content (AvgIpc) is 3.04. The lowest BCUT2D eigenvalue weighted by atomic mass is 10.1. The molecule has 2 heterocycles. The second-order valence-electron chi connectivity index (χ2n) is 5.29. The van der Waals surface area contributed by atoms with Gasteiger partial charge in [0.05, 0.1) is 36.9 Å². The van der Waals surface area contributed by atoms with Crippen LogP contribution in [0.3, 0.4) is 0 Å². The van der Waals surface area contributed by atoms with Gasteiger partial charge >= 0.3 is 0 Å². The van der Waals surface area contributed by atoms with Gasteiger partial charge in [-0.1, -0.05) is 24.3 Å². The highest BCUT2D eigenvalue weighted by Gasteiger charge is 2.13. The highest BCUT2D eigenvalue weighted by molar-refractivity contribution is 6.00. The zero-order valence-electron chi connectivity index (χ0n) is 13.2. The summed E-state index contributed by atoms with van der Waals surface area (Å²) in [6, 6.07) is 13.3. The van der Waals surface area contributed by atoms with Crippen LogP contribution in [0.5, 0.6) is 5.75 Å². The minimum Gasteiger partial charge on any atom is -0.497 e. The molecule has 1 N–H and O–H groups in total. The maximum Gasteiger partial charge on any atom is 0.255 e. The molecule has 0 aliphatic carbocycles. The third-order valence-corrected chi connectivity index (χ3v) is 3.73. The van der Waals surface area contributed by atoms with Crippen molar-refractivity contribution in [3.63, 3.8) is 0 Å². The van der Waals surface area contributed by atoms with E-state index in [0.717, 1.165) is 11.1 Å². The fourth-order valence-electron chi connectivity index (χ4n) is 2.41. The summed E-state index contributed by atoms with van der Waals surface area (Å²) in [4.78, 5) is 12.4. The molecule has 1 aromatic carbocycles. The number of hydrogen-bond acceptors (Lipinski definition) is 4. The van der Waals surface area contributed by atoms with E-state index in [0.29, 0.717) is 29.8 Å². The normalized spacial score (nSPS) is 10.3. The maximum absolute atomic E-state index is 12.4. The second-order valence-corrected chi connectivity index (χ2v) is 5.29. The van der Waals surface area contributed by atoms with E-state index < -0.39 is 0 Å². The van der Waals surface area contributed by atoms with Crippen molar-refractivity contribution >= 4 is 11.4 Å². The first-order valence-corrected chi connectivity index (χ1v) is 7.45. The van der Waals surface area contributed by atoms with Crippen LogP contribution >= 0.6 is 0 Å². The van der Waals surface area contributed by atoms with E-state index in [-0.39, 0.29) is 5.91 Å². The van der Waals surface area contributed by atoms with Crippen molar-refractivity contribution in [2.24, 2.45) is 0 Å². The average molecular weight is 320 g/mol. The molecule has 1 amide bonds. The third-order valence-electron chi connectivity index (χ3n) is 3.73. The van der Waals surface area contributed by atoms with Crippen molar-refractivity contribution < 1.29 is 9.53 Å². The van der Waals surface area contributed by atoms with Crippen LogP contribution < -0.4 is 10.1 Å². The van der Waals surface area contributed by atoms with Crippen molar-refractivity contribution in [2.75, 3.05) is 7.11 Å². The molecule has 0 atom stereocenters. The molecule has 6 heteroatoms. The molecule has 3 rings (SSSR count). The predicted octanol–water partition coefficient (Wildman–Crippen LogP) is 2.34. The number of aromatic nitrogens is 2. The topological polar surface area (TPSA) is 79.4 Å². The smallest absolute Gasteiger partial charge is 0.255 e. The summed E-state index contributed by atoms with van der Waals surface area (Å²) in [6.07, 6.45) is 3.68. The van der Waals surface area contributed by atoms with Crippen molar-refractivity contribution in [2.45, 2.75) is 13.0 Å². The van der Waals surface area contributed by atoms with E-state index in [9.17, 15) is 4.79 Å². The molecule has 0 aliphatic rings. The van der Waals surface area contributed by atoms with Crippen LogP contribution in [0.15, 0.2) is 48.8 Å². The summed E-state index contributed by atoms with van der Waals surface area (Å²) in [6.45, 7) is 0.410. The molecule has 120 valence electrons. The fraction of sp³-hybridized carbons (Fsp3) is 0.167.